The number of ether oxygens (including phenoxy) is 1. The highest BCUT2D eigenvalue weighted by Crippen LogP contribution is 2.25. The van der Waals surface area contributed by atoms with Crippen molar-refractivity contribution in [2.75, 3.05) is 25.1 Å². The molecule has 110 valence electrons. The standard InChI is InChI=1S/C17H21N3O/c1-13(18-2)14-7-8-17(19-11-14)20-9-10-21-16-6-4-3-5-15(16)12-20/h3-8,11,13,18H,9-10,12H2,1-2H3. The van der Waals surface area contributed by atoms with Gasteiger partial charge in [-0.25, -0.2) is 4.98 Å². The second-order valence-corrected chi connectivity index (χ2v) is 5.34. The SMILES string of the molecule is CNC(C)c1ccc(N2CCOc3ccccc3C2)nc1. The summed E-state index contributed by atoms with van der Waals surface area (Å²) in [6, 6.07) is 12.8. The number of hydrogen-bond donors (Lipinski definition) is 1. The molecule has 2 heterocycles. The van der Waals surface area contributed by atoms with Crippen molar-refractivity contribution in [1.82, 2.24) is 10.3 Å². The molecule has 4 heteroatoms. The maximum atomic E-state index is 5.80. The normalized spacial score (nSPS) is 15.8. The fraction of sp³-hybridized carbons (Fsp3) is 0.353. The Labute approximate surface area is 125 Å². The van der Waals surface area contributed by atoms with Gasteiger partial charge >= 0.3 is 0 Å². The highest BCUT2D eigenvalue weighted by atomic mass is 16.5. The Kier molecular flexibility index (Phi) is 4.06. The molecule has 1 aliphatic heterocycles. The number of anilines is 1. The molecule has 4 nitrogen and oxygen atoms in total. The third-order valence-corrected chi connectivity index (χ3v) is 3.98. The lowest BCUT2D eigenvalue weighted by Gasteiger charge is -2.21. The topological polar surface area (TPSA) is 37.4 Å². The van der Waals surface area contributed by atoms with E-state index >= 15 is 0 Å². The van der Waals surface area contributed by atoms with Crippen molar-refractivity contribution >= 4 is 5.82 Å². The van der Waals surface area contributed by atoms with E-state index in [9.17, 15) is 0 Å². The first-order valence-electron chi connectivity index (χ1n) is 7.37. The molecule has 1 aromatic heterocycles. The summed E-state index contributed by atoms with van der Waals surface area (Å²) in [6.07, 6.45) is 1.95. The summed E-state index contributed by atoms with van der Waals surface area (Å²) in [5.41, 5.74) is 2.41. The fourth-order valence-corrected chi connectivity index (χ4v) is 2.53. The van der Waals surface area contributed by atoms with Crippen LogP contribution in [0.15, 0.2) is 42.6 Å². The van der Waals surface area contributed by atoms with Gasteiger partial charge in [-0.3, -0.25) is 0 Å². The van der Waals surface area contributed by atoms with Gasteiger partial charge in [0.25, 0.3) is 0 Å². The summed E-state index contributed by atoms with van der Waals surface area (Å²) >= 11 is 0. The van der Waals surface area contributed by atoms with Crippen LogP contribution in [0.25, 0.3) is 0 Å². The summed E-state index contributed by atoms with van der Waals surface area (Å²) in [7, 11) is 1.96. The Hall–Kier alpha value is -2.07. The molecule has 1 unspecified atom stereocenters. The molecule has 1 N–H and O–H groups in total. The van der Waals surface area contributed by atoms with Crippen LogP contribution in [0.3, 0.4) is 0 Å². The Morgan fingerprint density at radius 1 is 1.24 bits per heavy atom. The summed E-state index contributed by atoms with van der Waals surface area (Å²) < 4.78 is 5.80. The predicted octanol–water partition coefficient (Wildman–Crippen LogP) is 2.76. The minimum absolute atomic E-state index is 0.319. The molecule has 21 heavy (non-hydrogen) atoms. The van der Waals surface area contributed by atoms with Gasteiger partial charge in [0, 0.05) is 24.3 Å². The van der Waals surface area contributed by atoms with E-state index in [-0.39, 0.29) is 0 Å². The number of hydrogen-bond acceptors (Lipinski definition) is 4. The zero-order valence-corrected chi connectivity index (χ0v) is 12.5. The van der Waals surface area contributed by atoms with Gasteiger partial charge in [0.2, 0.25) is 0 Å². The van der Waals surface area contributed by atoms with Crippen LogP contribution in [0.5, 0.6) is 5.75 Å². The van der Waals surface area contributed by atoms with Gasteiger partial charge in [0.05, 0.1) is 6.54 Å². The van der Waals surface area contributed by atoms with Gasteiger partial charge in [-0.05, 0) is 31.7 Å². The number of benzene rings is 1. The van der Waals surface area contributed by atoms with Crippen molar-refractivity contribution in [2.24, 2.45) is 0 Å². The van der Waals surface area contributed by atoms with Crippen molar-refractivity contribution in [3.8, 4) is 5.75 Å². The van der Waals surface area contributed by atoms with Gasteiger partial charge in [-0.15, -0.1) is 0 Å². The lowest BCUT2D eigenvalue weighted by atomic mass is 10.1. The molecule has 0 fully saturated rings. The van der Waals surface area contributed by atoms with Crippen LogP contribution in [0.1, 0.15) is 24.1 Å². The van der Waals surface area contributed by atoms with Crippen molar-refractivity contribution in [3.63, 3.8) is 0 Å². The van der Waals surface area contributed by atoms with E-state index in [1.165, 1.54) is 11.1 Å². The molecule has 0 saturated heterocycles. The molecule has 0 aliphatic carbocycles. The van der Waals surface area contributed by atoms with Crippen LogP contribution in [0, 0.1) is 0 Å². The molecule has 1 aliphatic rings. The van der Waals surface area contributed by atoms with Crippen molar-refractivity contribution in [3.05, 3.63) is 53.7 Å². The molecule has 2 aromatic rings. The number of rotatable bonds is 3. The number of fused-ring (bicyclic) bond motifs is 1. The number of nitrogens with one attached hydrogen (secondary N) is 1. The van der Waals surface area contributed by atoms with E-state index in [1.807, 2.05) is 25.4 Å². The first-order valence-corrected chi connectivity index (χ1v) is 7.37. The maximum Gasteiger partial charge on any atom is 0.128 e. The molecule has 0 saturated carbocycles. The quantitative estimate of drug-likeness (QED) is 0.940. The van der Waals surface area contributed by atoms with Crippen LogP contribution in [0.4, 0.5) is 5.82 Å². The monoisotopic (exact) mass is 283 g/mol. The Balaban J connectivity index is 1.81. The van der Waals surface area contributed by atoms with Crippen molar-refractivity contribution in [1.29, 1.82) is 0 Å². The number of pyridine rings is 1. The smallest absolute Gasteiger partial charge is 0.128 e. The van der Waals surface area contributed by atoms with E-state index in [0.717, 1.165) is 24.7 Å². The second kappa shape index (κ2) is 6.14. The van der Waals surface area contributed by atoms with E-state index in [2.05, 4.69) is 46.4 Å². The van der Waals surface area contributed by atoms with Crippen molar-refractivity contribution in [2.45, 2.75) is 19.5 Å². The van der Waals surface area contributed by atoms with E-state index < -0.39 is 0 Å². The molecule has 0 radical (unpaired) electrons. The Morgan fingerprint density at radius 2 is 2.10 bits per heavy atom. The second-order valence-electron chi connectivity index (χ2n) is 5.34. The largest absolute Gasteiger partial charge is 0.491 e. The molecule has 0 bridgehead atoms. The van der Waals surface area contributed by atoms with Crippen LogP contribution in [-0.2, 0) is 6.54 Å². The van der Waals surface area contributed by atoms with E-state index in [4.69, 9.17) is 4.74 Å². The summed E-state index contributed by atoms with van der Waals surface area (Å²) in [4.78, 5) is 6.88. The van der Waals surface area contributed by atoms with E-state index in [0.29, 0.717) is 12.6 Å². The van der Waals surface area contributed by atoms with Crippen LogP contribution in [-0.4, -0.2) is 25.2 Å². The van der Waals surface area contributed by atoms with Crippen LogP contribution >= 0.6 is 0 Å². The molecule has 0 amide bonds. The molecular formula is C17H21N3O. The van der Waals surface area contributed by atoms with Gasteiger partial charge in [-0.2, -0.15) is 0 Å². The van der Waals surface area contributed by atoms with Crippen LogP contribution < -0.4 is 15.0 Å². The van der Waals surface area contributed by atoms with E-state index in [1.54, 1.807) is 0 Å². The molecule has 1 atom stereocenters. The molecule has 1 aromatic carbocycles. The zero-order chi connectivity index (χ0) is 14.7. The molecular weight excluding hydrogens is 262 g/mol. The lowest BCUT2D eigenvalue weighted by Crippen LogP contribution is -2.26. The summed E-state index contributed by atoms with van der Waals surface area (Å²) in [5, 5.41) is 3.23. The molecule has 0 spiro atoms. The average molecular weight is 283 g/mol. The van der Waals surface area contributed by atoms with Gasteiger partial charge in [-0.1, -0.05) is 24.3 Å². The Bertz CT molecular complexity index is 597. The zero-order valence-electron chi connectivity index (χ0n) is 12.5. The Morgan fingerprint density at radius 3 is 2.86 bits per heavy atom. The third kappa shape index (κ3) is 3.00. The first-order chi connectivity index (χ1) is 10.3. The summed E-state index contributed by atoms with van der Waals surface area (Å²) in [6.45, 7) is 4.51. The van der Waals surface area contributed by atoms with Gasteiger partial charge in [0.15, 0.2) is 0 Å². The number of para-hydroxylation sites is 1. The predicted molar refractivity (Wildman–Crippen MR) is 84.7 cm³/mol. The minimum atomic E-state index is 0.319. The maximum absolute atomic E-state index is 5.80. The highest BCUT2D eigenvalue weighted by Gasteiger charge is 2.16. The first kappa shape index (κ1) is 13.9. The lowest BCUT2D eigenvalue weighted by molar-refractivity contribution is 0.331. The minimum Gasteiger partial charge on any atom is -0.491 e. The van der Waals surface area contributed by atoms with Gasteiger partial charge < -0.3 is 15.0 Å². The number of nitrogens with zero attached hydrogens (tertiary/aromatic N) is 2. The fourth-order valence-electron chi connectivity index (χ4n) is 2.53. The number of aromatic nitrogens is 1. The highest BCUT2D eigenvalue weighted by molar-refractivity contribution is 5.44. The van der Waals surface area contributed by atoms with Crippen LogP contribution in [0.2, 0.25) is 0 Å². The third-order valence-electron chi connectivity index (χ3n) is 3.98. The van der Waals surface area contributed by atoms with Gasteiger partial charge in [0.1, 0.15) is 18.2 Å². The molecule has 3 rings (SSSR count). The van der Waals surface area contributed by atoms with Crippen molar-refractivity contribution < 1.29 is 4.74 Å². The average Bonchev–Trinajstić information content (AvgIpc) is 2.76. The summed E-state index contributed by atoms with van der Waals surface area (Å²) in [5.74, 6) is 1.99.